The summed E-state index contributed by atoms with van der Waals surface area (Å²) in [7, 11) is 0. The summed E-state index contributed by atoms with van der Waals surface area (Å²) in [4.78, 5) is 16.0. The Hall–Kier alpha value is -2.27. The van der Waals surface area contributed by atoms with Crippen molar-refractivity contribution < 1.29 is 9.18 Å². The van der Waals surface area contributed by atoms with Crippen molar-refractivity contribution in [3.05, 3.63) is 59.5 Å². The molecule has 102 valence electrons. The van der Waals surface area contributed by atoms with E-state index in [4.69, 9.17) is 0 Å². The monoisotopic (exact) mass is 271 g/mol. The number of carbonyl (C=O) groups is 1. The minimum absolute atomic E-state index is 0.154. The highest BCUT2D eigenvalue weighted by Gasteiger charge is 2.23. The molecule has 1 unspecified atom stereocenters. The van der Waals surface area contributed by atoms with Crippen LogP contribution in [0, 0.1) is 5.82 Å². The third-order valence-corrected chi connectivity index (χ3v) is 3.38. The second-order valence-electron chi connectivity index (χ2n) is 4.76. The zero-order chi connectivity index (χ0) is 13.9. The molecule has 1 aromatic carbocycles. The fraction of sp³-hybridized carbons (Fsp3) is 0.200. The Morgan fingerprint density at radius 1 is 1.25 bits per heavy atom. The van der Waals surface area contributed by atoms with Gasteiger partial charge in [0.25, 0.3) is 0 Å². The van der Waals surface area contributed by atoms with E-state index in [1.165, 1.54) is 23.3 Å². The molecule has 0 saturated heterocycles. The van der Waals surface area contributed by atoms with Gasteiger partial charge in [0.05, 0.1) is 12.2 Å². The molecule has 1 aliphatic heterocycles. The summed E-state index contributed by atoms with van der Waals surface area (Å²) in [5, 5.41) is 5.88. The number of nitrogens with one attached hydrogen (secondary N) is 2. The summed E-state index contributed by atoms with van der Waals surface area (Å²) in [6.07, 6.45) is 1.72. The van der Waals surface area contributed by atoms with Crippen molar-refractivity contribution in [2.75, 3.05) is 5.32 Å². The smallest absolute Gasteiger partial charge is 0.243 e. The molecule has 20 heavy (non-hydrogen) atoms. The van der Waals surface area contributed by atoms with Gasteiger partial charge in [-0.2, -0.15) is 0 Å². The Balaban J connectivity index is 1.68. The molecule has 5 heteroatoms. The molecular formula is C15H14FN3O. The van der Waals surface area contributed by atoms with Crippen molar-refractivity contribution in [2.45, 2.75) is 19.0 Å². The molecule has 0 fully saturated rings. The number of pyridine rings is 1. The van der Waals surface area contributed by atoms with Gasteiger partial charge >= 0.3 is 0 Å². The lowest BCUT2D eigenvalue weighted by Gasteiger charge is -2.25. The predicted octanol–water partition coefficient (Wildman–Crippen LogP) is 1.87. The Bertz CT molecular complexity index is 627. The van der Waals surface area contributed by atoms with Gasteiger partial charge in [0.15, 0.2) is 0 Å². The van der Waals surface area contributed by atoms with Crippen LogP contribution < -0.4 is 10.6 Å². The zero-order valence-electron chi connectivity index (χ0n) is 10.8. The summed E-state index contributed by atoms with van der Waals surface area (Å²) in [6, 6.07) is 10.5. The third-order valence-electron chi connectivity index (χ3n) is 3.38. The summed E-state index contributed by atoms with van der Waals surface area (Å²) < 4.78 is 12.8. The number of benzene rings is 1. The Morgan fingerprint density at radius 3 is 2.80 bits per heavy atom. The van der Waals surface area contributed by atoms with E-state index < -0.39 is 5.82 Å². The van der Waals surface area contributed by atoms with E-state index in [1.54, 1.807) is 0 Å². The van der Waals surface area contributed by atoms with Gasteiger partial charge in [-0.05, 0) is 29.7 Å². The maximum absolute atomic E-state index is 12.8. The molecule has 0 bridgehead atoms. The maximum atomic E-state index is 12.8. The fourth-order valence-corrected chi connectivity index (χ4v) is 2.30. The third kappa shape index (κ3) is 2.67. The Labute approximate surface area is 116 Å². The molecular weight excluding hydrogens is 257 g/mol. The number of amides is 1. The van der Waals surface area contributed by atoms with Crippen LogP contribution in [0.4, 0.5) is 10.2 Å². The number of carbonyl (C=O) groups excluding carboxylic acids is 1. The Kier molecular flexibility index (Phi) is 3.43. The van der Waals surface area contributed by atoms with Crippen molar-refractivity contribution in [3.63, 3.8) is 0 Å². The topological polar surface area (TPSA) is 54.0 Å². The quantitative estimate of drug-likeness (QED) is 0.876. The summed E-state index contributed by atoms with van der Waals surface area (Å²) in [6.45, 7) is 0.672. The van der Waals surface area contributed by atoms with E-state index in [0.29, 0.717) is 18.8 Å². The minimum Gasteiger partial charge on any atom is -0.309 e. The molecule has 1 amide bonds. The van der Waals surface area contributed by atoms with Crippen LogP contribution in [0.5, 0.6) is 0 Å². The van der Waals surface area contributed by atoms with Gasteiger partial charge in [0.1, 0.15) is 11.6 Å². The largest absolute Gasteiger partial charge is 0.309 e. The minimum atomic E-state index is -0.423. The average molecular weight is 271 g/mol. The van der Waals surface area contributed by atoms with Gasteiger partial charge in [-0.1, -0.05) is 24.3 Å². The molecule has 0 spiro atoms. The molecule has 1 aromatic heterocycles. The molecule has 2 aromatic rings. The molecule has 2 heterocycles. The molecule has 1 atom stereocenters. The van der Waals surface area contributed by atoms with Crippen molar-refractivity contribution in [2.24, 2.45) is 0 Å². The normalized spacial score (nSPS) is 17.4. The fourth-order valence-electron chi connectivity index (χ4n) is 2.30. The number of nitrogens with zero attached hydrogens (tertiary/aromatic N) is 1. The summed E-state index contributed by atoms with van der Waals surface area (Å²) in [5.41, 5.74) is 2.40. The highest BCUT2D eigenvalue weighted by molar-refractivity contribution is 5.94. The average Bonchev–Trinajstić information content (AvgIpc) is 2.49. The van der Waals surface area contributed by atoms with E-state index in [1.807, 2.05) is 18.2 Å². The first-order valence-electron chi connectivity index (χ1n) is 6.45. The molecule has 4 nitrogen and oxygen atoms in total. The van der Waals surface area contributed by atoms with Crippen LogP contribution in [-0.2, 0) is 17.8 Å². The molecule has 2 N–H and O–H groups in total. The van der Waals surface area contributed by atoms with Gasteiger partial charge in [-0.15, -0.1) is 0 Å². The highest BCUT2D eigenvalue weighted by atomic mass is 19.1. The van der Waals surface area contributed by atoms with E-state index in [0.717, 1.165) is 6.20 Å². The lowest BCUT2D eigenvalue weighted by Crippen LogP contribution is -2.44. The number of fused-ring (bicyclic) bond motifs is 1. The van der Waals surface area contributed by atoms with Crippen molar-refractivity contribution in [1.29, 1.82) is 0 Å². The van der Waals surface area contributed by atoms with Crippen molar-refractivity contribution >= 4 is 11.7 Å². The van der Waals surface area contributed by atoms with Crippen LogP contribution in [0.25, 0.3) is 0 Å². The standard InChI is InChI=1S/C15H14FN3O/c16-12-5-6-14(18-9-12)19-15(20)13-7-10-3-1-2-4-11(10)8-17-13/h1-6,9,13,17H,7-8H2,(H,18,19,20). The van der Waals surface area contributed by atoms with E-state index in [-0.39, 0.29) is 11.9 Å². The number of hydrogen-bond donors (Lipinski definition) is 2. The van der Waals surface area contributed by atoms with E-state index in [2.05, 4.69) is 21.7 Å². The lowest BCUT2D eigenvalue weighted by atomic mass is 9.95. The van der Waals surface area contributed by atoms with Crippen LogP contribution in [0.2, 0.25) is 0 Å². The molecule has 1 aliphatic rings. The van der Waals surface area contributed by atoms with Crippen LogP contribution >= 0.6 is 0 Å². The number of halogens is 1. The highest BCUT2D eigenvalue weighted by Crippen LogP contribution is 2.17. The number of hydrogen-bond acceptors (Lipinski definition) is 3. The van der Waals surface area contributed by atoms with Crippen LogP contribution in [0.15, 0.2) is 42.6 Å². The maximum Gasteiger partial charge on any atom is 0.243 e. The number of rotatable bonds is 2. The molecule has 0 aliphatic carbocycles. The van der Waals surface area contributed by atoms with Gasteiger partial charge in [-0.3, -0.25) is 4.79 Å². The zero-order valence-corrected chi connectivity index (χ0v) is 10.8. The summed E-state index contributed by atoms with van der Waals surface area (Å²) in [5.74, 6) is -0.219. The van der Waals surface area contributed by atoms with Crippen LogP contribution in [-0.4, -0.2) is 16.9 Å². The predicted molar refractivity (Wildman–Crippen MR) is 73.6 cm³/mol. The second-order valence-corrected chi connectivity index (χ2v) is 4.76. The van der Waals surface area contributed by atoms with Gasteiger partial charge < -0.3 is 10.6 Å². The molecule has 3 rings (SSSR count). The van der Waals surface area contributed by atoms with Gasteiger partial charge in [0.2, 0.25) is 5.91 Å². The Morgan fingerprint density at radius 2 is 2.05 bits per heavy atom. The molecule has 0 saturated carbocycles. The van der Waals surface area contributed by atoms with Crippen molar-refractivity contribution in [1.82, 2.24) is 10.3 Å². The number of anilines is 1. The van der Waals surface area contributed by atoms with Crippen LogP contribution in [0.1, 0.15) is 11.1 Å². The molecule has 0 radical (unpaired) electrons. The first kappa shape index (κ1) is 12.7. The van der Waals surface area contributed by atoms with Gasteiger partial charge in [0, 0.05) is 6.54 Å². The first-order chi connectivity index (χ1) is 9.72. The van der Waals surface area contributed by atoms with E-state index >= 15 is 0 Å². The van der Waals surface area contributed by atoms with E-state index in [9.17, 15) is 9.18 Å². The van der Waals surface area contributed by atoms with Crippen molar-refractivity contribution in [3.8, 4) is 0 Å². The first-order valence-corrected chi connectivity index (χ1v) is 6.45. The van der Waals surface area contributed by atoms with Crippen LogP contribution in [0.3, 0.4) is 0 Å². The number of aromatic nitrogens is 1. The SMILES string of the molecule is O=C(Nc1ccc(F)cn1)C1Cc2ccccc2CN1. The lowest BCUT2D eigenvalue weighted by molar-refractivity contribution is -0.118. The summed E-state index contributed by atoms with van der Waals surface area (Å²) >= 11 is 0. The second kappa shape index (κ2) is 5.38. The van der Waals surface area contributed by atoms with Gasteiger partial charge in [-0.25, -0.2) is 9.37 Å².